The summed E-state index contributed by atoms with van der Waals surface area (Å²) in [5.74, 6) is -2.63. The molecule has 0 fully saturated rings. The van der Waals surface area contributed by atoms with Gasteiger partial charge in [-0.2, -0.15) is 4.39 Å². The number of anilines is 1. The van der Waals surface area contributed by atoms with Crippen LogP contribution in [0.3, 0.4) is 0 Å². The highest BCUT2D eigenvalue weighted by molar-refractivity contribution is 6.43. The number of amides is 2. The Kier molecular flexibility index (Phi) is 6.77. The molecule has 0 spiro atoms. The molecule has 9 heteroatoms. The molecule has 0 aromatic carbocycles. The Balaban J connectivity index is 2.33. The predicted molar refractivity (Wildman–Crippen MR) is 110 cm³/mol. The minimum absolute atomic E-state index is 0.122. The van der Waals surface area contributed by atoms with Gasteiger partial charge >= 0.3 is 0 Å². The van der Waals surface area contributed by atoms with Crippen LogP contribution in [0.4, 0.5) is 10.1 Å². The van der Waals surface area contributed by atoms with E-state index in [1.807, 2.05) is 0 Å². The van der Waals surface area contributed by atoms with Crippen molar-refractivity contribution in [2.75, 3.05) is 19.0 Å². The highest BCUT2D eigenvalue weighted by atomic mass is 19.1. The van der Waals surface area contributed by atoms with Gasteiger partial charge in [0.15, 0.2) is 0 Å². The fourth-order valence-corrected chi connectivity index (χ4v) is 3.32. The number of hydrogen-bond donors (Lipinski definition) is 2. The molecule has 162 valence electrons. The molecule has 0 atom stereocenters. The van der Waals surface area contributed by atoms with Crippen molar-refractivity contribution in [2.45, 2.75) is 40.2 Å². The lowest BCUT2D eigenvalue weighted by atomic mass is 10.0. The molecule has 30 heavy (non-hydrogen) atoms. The van der Waals surface area contributed by atoms with E-state index in [1.165, 1.54) is 30.9 Å². The number of methoxy groups -OCH3 is 1. The number of ketones is 1. The highest BCUT2D eigenvalue weighted by Crippen LogP contribution is 2.23. The van der Waals surface area contributed by atoms with Gasteiger partial charge in [0, 0.05) is 25.4 Å². The maximum absolute atomic E-state index is 13.4. The lowest BCUT2D eigenvalue weighted by molar-refractivity contribution is -0.119. The molecule has 2 aromatic rings. The Morgan fingerprint density at radius 3 is 2.43 bits per heavy atom. The molecule has 0 aliphatic heterocycles. The van der Waals surface area contributed by atoms with Gasteiger partial charge in [0.2, 0.25) is 5.95 Å². The summed E-state index contributed by atoms with van der Waals surface area (Å²) in [7, 11) is 3.12. The maximum atomic E-state index is 13.4. The predicted octanol–water partition coefficient (Wildman–Crippen LogP) is 2.46. The number of nitrogens with one attached hydrogen (secondary N) is 2. The van der Waals surface area contributed by atoms with Gasteiger partial charge in [-0.15, -0.1) is 0 Å². The van der Waals surface area contributed by atoms with Crippen LogP contribution in [0, 0.1) is 26.7 Å². The molecular weight excluding hydrogens is 391 g/mol. The number of aromatic nitrogens is 2. The van der Waals surface area contributed by atoms with Crippen LogP contribution in [0.1, 0.15) is 51.5 Å². The molecule has 0 bridgehead atoms. The first-order chi connectivity index (χ1) is 13.9. The second kappa shape index (κ2) is 8.74. The summed E-state index contributed by atoms with van der Waals surface area (Å²) in [5, 5.41) is 5.31. The molecule has 2 rings (SSSR count). The second-order valence-electron chi connectivity index (χ2n) is 7.88. The number of carbonyl (C=O) groups excluding carboxylic acids is 3. The Labute approximate surface area is 174 Å². The SMILES string of the molecule is COCC(C)(C)NC(=O)C(=O)c1c(C)c(C(=O)Nc2cnc(F)c(C)c2)c(C)n1C. The van der Waals surface area contributed by atoms with Crippen LogP contribution in [-0.2, 0) is 16.6 Å². The van der Waals surface area contributed by atoms with Gasteiger partial charge in [-0.3, -0.25) is 14.4 Å². The molecule has 2 aromatic heterocycles. The van der Waals surface area contributed by atoms with E-state index >= 15 is 0 Å². The van der Waals surface area contributed by atoms with Crippen molar-refractivity contribution in [1.82, 2.24) is 14.9 Å². The van der Waals surface area contributed by atoms with Crippen molar-refractivity contribution in [2.24, 2.45) is 7.05 Å². The minimum Gasteiger partial charge on any atom is -0.382 e. The van der Waals surface area contributed by atoms with Gasteiger partial charge in [0.05, 0.1) is 35.3 Å². The summed E-state index contributed by atoms with van der Waals surface area (Å²) in [5.41, 5.74) is 1.18. The largest absolute Gasteiger partial charge is 0.382 e. The third kappa shape index (κ3) is 4.73. The summed E-state index contributed by atoms with van der Waals surface area (Å²) < 4.78 is 19.9. The average molecular weight is 418 g/mol. The minimum atomic E-state index is -0.786. The molecule has 0 saturated carbocycles. The number of carbonyl (C=O) groups is 3. The molecular formula is C21H27FN4O4. The monoisotopic (exact) mass is 418 g/mol. The standard InChI is InChI=1S/C21H27FN4O4/c1-11-8-14(9-23-18(11)22)24-19(28)15-12(2)16(26(6)13(15)3)17(27)20(29)25-21(4,5)10-30-7/h8-9H,10H2,1-7H3,(H,24,28)(H,25,29). The number of nitrogens with zero attached hydrogens (tertiary/aromatic N) is 2. The molecule has 0 aliphatic rings. The number of aryl methyl sites for hydroxylation is 1. The van der Waals surface area contributed by atoms with Gasteiger partial charge in [-0.25, -0.2) is 4.98 Å². The van der Waals surface area contributed by atoms with Crippen LogP contribution < -0.4 is 10.6 Å². The molecule has 0 radical (unpaired) electrons. The lowest BCUT2D eigenvalue weighted by Crippen LogP contribution is -2.49. The average Bonchev–Trinajstić information content (AvgIpc) is 2.86. The first kappa shape index (κ1) is 23.2. The van der Waals surface area contributed by atoms with Crippen LogP contribution in [0.2, 0.25) is 0 Å². The third-order valence-corrected chi connectivity index (χ3v) is 4.81. The highest BCUT2D eigenvalue weighted by Gasteiger charge is 2.31. The van der Waals surface area contributed by atoms with Crippen molar-refractivity contribution >= 4 is 23.3 Å². The summed E-state index contributed by atoms with van der Waals surface area (Å²) >= 11 is 0. The van der Waals surface area contributed by atoms with E-state index < -0.39 is 29.1 Å². The summed E-state index contributed by atoms with van der Waals surface area (Å²) in [6, 6.07) is 1.46. The quantitative estimate of drug-likeness (QED) is 0.409. The first-order valence-corrected chi connectivity index (χ1v) is 9.34. The molecule has 8 nitrogen and oxygen atoms in total. The number of hydrogen-bond acceptors (Lipinski definition) is 5. The molecule has 2 amide bonds. The van der Waals surface area contributed by atoms with Gasteiger partial charge in [-0.1, -0.05) is 0 Å². The third-order valence-electron chi connectivity index (χ3n) is 4.81. The number of rotatable bonds is 7. The smallest absolute Gasteiger partial charge is 0.294 e. The summed E-state index contributed by atoms with van der Waals surface area (Å²) in [6.07, 6.45) is 1.21. The zero-order valence-electron chi connectivity index (χ0n) is 18.3. The van der Waals surface area contributed by atoms with Gasteiger partial charge < -0.3 is 19.9 Å². The lowest BCUT2D eigenvalue weighted by Gasteiger charge is -2.24. The number of ether oxygens (including phenoxy) is 1. The zero-order chi connectivity index (χ0) is 22.8. The molecule has 0 saturated heterocycles. The molecule has 2 N–H and O–H groups in total. The summed E-state index contributed by atoms with van der Waals surface area (Å²) in [4.78, 5) is 41.8. The number of pyridine rings is 1. The molecule has 0 unspecified atom stereocenters. The van der Waals surface area contributed by atoms with E-state index in [1.54, 1.807) is 34.7 Å². The maximum Gasteiger partial charge on any atom is 0.294 e. The Bertz CT molecular complexity index is 1010. The van der Waals surface area contributed by atoms with E-state index in [-0.39, 0.29) is 17.9 Å². The van der Waals surface area contributed by atoms with Crippen molar-refractivity contribution in [3.05, 3.63) is 46.3 Å². The van der Waals surface area contributed by atoms with E-state index in [0.717, 1.165) is 0 Å². The fourth-order valence-electron chi connectivity index (χ4n) is 3.32. The Morgan fingerprint density at radius 2 is 1.87 bits per heavy atom. The number of halogens is 1. The van der Waals surface area contributed by atoms with Crippen molar-refractivity contribution in [3.63, 3.8) is 0 Å². The first-order valence-electron chi connectivity index (χ1n) is 9.34. The van der Waals surface area contributed by atoms with Crippen molar-refractivity contribution in [3.8, 4) is 0 Å². The van der Waals surface area contributed by atoms with Crippen LogP contribution in [0.5, 0.6) is 0 Å². The topological polar surface area (TPSA) is 102 Å². The Morgan fingerprint density at radius 1 is 1.23 bits per heavy atom. The van der Waals surface area contributed by atoms with Crippen LogP contribution in [-0.4, -0.2) is 46.4 Å². The van der Waals surface area contributed by atoms with E-state index in [0.29, 0.717) is 22.5 Å². The van der Waals surface area contributed by atoms with E-state index in [4.69, 9.17) is 4.74 Å². The van der Waals surface area contributed by atoms with Gasteiger partial charge in [-0.05, 0) is 46.2 Å². The van der Waals surface area contributed by atoms with Crippen LogP contribution >= 0.6 is 0 Å². The summed E-state index contributed by atoms with van der Waals surface area (Å²) in [6.45, 7) is 8.54. The normalized spacial score (nSPS) is 11.3. The Hall–Kier alpha value is -3.07. The van der Waals surface area contributed by atoms with Gasteiger partial charge in [0.1, 0.15) is 0 Å². The van der Waals surface area contributed by atoms with Crippen molar-refractivity contribution in [1.29, 1.82) is 0 Å². The van der Waals surface area contributed by atoms with Crippen LogP contribution in [0.25, 0.3) is 0 Å². The van der Waals surface area contributed by atoms with E-state index in [2.05, 4.69) is 15.6 Å². The van der Waals surface area contributed by atoms with Crippen molar-refractivity contribution < 1.29 is 23.5 Å². The second-order valence-corrected chi connectivity index (χ2v) is 7.88. The van der Waals surface area contributed by atoms with E-state index in [9.17, 15) is 18.8 Å². The molecule has 0 aliphatic carbocycles. The number of Topliss-reactive ketones (excluding diaryl/α,β-unsaturated/α-hetero) is 1. The van der Waals surface area contributed by atoms with Crippen LogP contribution in [0.15, 0.2) is 12.3 Å². The molecule has 2 heterocycles. The fraction of sp³-hybridized carbons (Fsp3) is 0.429. The van der Waals surface area contributed by atoms with Gasteiger partial charge in [0.25, 0.3) is 17.6 Å². The zero-order valence-corrected chi connectivity index (χ0v) is 18.3.